The lowest BCUT2D eigenvalue weighted by molar-refractivity contribution is -0.140. The molecule has 0 bridgehead atoms. The number of rotatable bonds is 8. The van der Waals surface area contributed by atoms with E-state index in [1.807, 2.05) is 20.8 Å². The molecule has 1 heterocycles. The SMILES string of the molecule is CC(C(=O)NC(C)(C)C)N(Cc1ccccc1Cl)C(=O)CN(c1ccc2c(c1)OCCO2)S(C)(=O)=O. The number of halogens is 1. The Morgan fingerprint density at radius 1 is 1.08 bits per heavy atom. The standard InChI is InChI=1S/C25H32ClN3O6S/c1-17(24(31)27-25(2,3)4)28(15-18-8-6-7-9-20(18)26)23(30)16-29(36(5,32)33)19-10-11-21-22(14-19)35-13-12-34-21/h6-11,14,17H,12-13,15-16H2,1-5H3,(H,27,31). The largest absolute Gasteiger partial charge is 0.486 e. The third-order valence-electron chi connectivity index (χ3n) is 5.46. The first-order chi connectivity index (χ1) is 16.8. The molecule has 11 heteroatoms. The summed E-state index contributed by atoms with van der Waals surface area (Å²) in [4.78, 5) is 28.0. The summed E-state index contributed by atoms with van der Waals surface area (Å²) in [6.07, 6.45) is 1.02. The second-order valence-corrected chi connectivity index (χ2v) is 11.9. The van der Waals surface area contributed by atoms with E-state index < -0.39 is 34.1 Å². The van der Waals surface area contributed by atoms with Gasteiger partial charge in [-0.25, -0.2) is 8.42 Å². The van der Waals surface area contributed by atoms with E-state index in [1.54, 1.807) is 43.3 Å². The van der Waals surface area contributed by atoms with E-state index in [2.05, 4.69) is 5.32 Å². The van der Waals surface area contributed by atoms with Crippen LogP contribution in [0.3, 0.4) is 0 Å². The molecule has 1 atom stereocenters. The van der Waals surface area contributed by atoms with Gasteiger partial charge >= 0.3 is 0 Å². The molecule has 1 aliphatic rings. The van der Waals surface area contributed by atoms with E-state index in [9.17, 15) is 18.0 Å². The van der Waals surface area contributed by atoms with E-state index in [4.69, 9.17) is 21.1 Å². The summed E-state index contributed by atoms with van der Waals surface area (Å²) < 4.78 is 37.6. The average Bonchev–Trinajstić information content (AvgIpc) is 2.79. The van der Waals surface area contributed by atoms with Crippen LogP contribution in [0.25, 0.3) is 0 Å². The first-order valence-corrected chi connectivity index (χ1v) is 13.7. The fourth-order valence-corrected chi connectivity index (χ4v) is 4.70. The van der Waals surface area contributed by atoms with E-state index in [1.165, 1.54) is 11.0 Å². The highest BCUT2D eigenvalue weighted by molar-refractivity contribution is 7.92. The Morgan fingerprint density at radius 3 is 2.33 bits per heavy atom. The second-order valence-electron chi connectivity index (χ2n) is 9.63. The first kappa shape index (κ1) is 27.6. The van der Waals surface area contributed by atoms with Gasteiger partial charge < -0.3 is 19.7 Å². The molecular formula is C25H32ClN3O6S. The van der Waals surface area contributed by atoms with Gasteiger partial charge in [-0.1, -0.05) is 29.8 Å². The molecule has 0 aromatic heterocycles. The number of hydrogen-bond donors (Lipinski definition) is 1. The quantitative estimate of drug-likeness (QED) is 0.554. The maximum atomic E-state index is 13.6. The van der Waals surface area contributed by atoms with Crippen molar-refractivity contribution in [1.29, 1.82) is 0 Å². The van der Waals surface area contributed by atoms with Gasteiger partial charge in [0.25, 0.3) is 0 Å². The molecule has 2 aromatic carbocycles. The molecule has 0 radical (unpaired) electrons. The molecule has 196 valence electrons. The molecule has 1 N–H and O–H groups in total. The lowest BCUT2D eigenvalue weighted by Crippen LogP contribution is -2.54. The number of sulfonamides is 1. The molecule has 3 rings (SSSR count). The van der Waals surface area contributed by atoms with Crippen LogP contribution in [0.4, 0.5) is 5.69 Å². The Labute approximate surface area is 217 Å². The summed E-state index contributed by atoms with van der Waals surface area (Å²) in [7, 11) is -3.87. The molecule has 0 saturated heterocycles. The van der Waals surface area contributed by atoms with Gasteiger partial charge in [-0.05, 0) is 51.5 Å². The van der Waals surface area contributed by atoms with Gasteiger partial charge in [0.1, 0.15) is 25.8 Å². The highest BCUT2D eigenvalue weighted by Crippen LogP contribution is 2.34. The summed E-state index contributed by atoms with van der Waals surface area (Å²) in [6.45, 7) is 7.35. The third kappa shape index (κ3) is 7.04. The molecular weight excluding hydrogens is 506 g/mol. The van der Waals surface area contributed by atoms with Crippen molar-refractivity contribution in [3.63, 3.8) is 0 Å². The highest BCUT2D eigenvalue weighted by atomic mass is 35.5. The molecule has 2 amide bonds. The molecule has 0 aliphatic carbocycles. The molecule has 0 fully saturated rings. The van der Waals surface area contributed by atoms with Gasteiger partial charge in [0.15, 0.2) is 11.5 Å². The minimum Gasteiger partial charge on any atom is -0.486 e. The van der Waals surface area contributed by atoms with Crippen molar-refractivity contribution in [2.24, 2.45) is 0 Å². The van der Waals surface area contributed by atoms with Crippen LogP contribution in [0.2, 0.25) is 5.02 Å². The molecule has 9 nitrogen and oxygen atoms in total. The number of nitrogens with one attached hydrogen (secondary N) is 1. The van der Waals surface area contributed by atoms with Gasteiger partial charge in [-0.2, -0.15) is 0 Å². The number of anilines is 1. The smallest absolute Gasteiger partial charge is 0.244 e. The van der Waals surface area contributed by atoms with Gasteiger partial charge in [-0.3, -0.25) is 13.9 Å². The van der Waals surface area contributed by atoms with Crippen LogP contribution in [-0.2, 0) is 26.2 Å². The number of fused-ring (bicyclic) bond motifs is 1. The molecule has 36 heavy (non-hydrogen) atoms. The van der Waals surface area contributed by atoms with Crippen LogP contribution in [0.5, 0.6) is 11.5 Å². The van der Waals surface area contributed by atoms with Crippen molar-refractivity contribution in [2.45, 2.75) is 45.8 Å². The fraction of sp³-hybridized carbons (Fsp3) is 0.440. The van der Waals surface area contributed by atoms with Crippen molar-refractivity contribution in [3.8, 4) is 11.5 Å². The zero-order chi connectivity index (χ0) is 26.7. The first-order valence-electron chi connectivity index (χ1n) is 11.5. The van der Waals surface area contributed by atoms with Crippen LogP contribution in [0.1, 0.15) is 33.3 Å². The zero-order valence-electron chi connectivity index (χ0n) is 21.1. The van der Waals surface area contributed by atoms with Crippen LogP contribution < -0.4 is 19.1 Å². The number of carbonyl (C=O) groups is 2. The zero-order valence-corrected chi connectivity index (χ0v) is 22.6. The summed E-state index contributed by atoms with van der Waals surface area (Å²) in [5.74, 6) is -0.0387. The number of hydrogen-bond acceptors (Lipinski definition) is 6. The van der Waals surface area contributed by atoms with E-state index >= 15 is 0 Å². The molecule has 1 aliphatic heterocycles. The van der Waals surface area contributed by atoms with Gasteiger partial charge in [0.2, 0.25) is 21.8 Å². The van der Waals surface area contributed by atoms with Crippen LogP contribution in [0, 0.1) is 0 Å². The Kier molecular flexibility index (Phi) is 8.40. The Hall–Kier alpha value is -2.98. The minimum atomic E-state index is -3.87. The Morgan fingerprint density at radius 2 is 1.72 bits per heavy atom. The average molecular weight is 538 g/mol. The molecule has 2 aromatic rings. The van der Waals surface area contributed by atoms with Crippen molar-refractivity contribution in [1.82, 2.24) is 10.2 Å². The number of amides is 2. The van der Waals surface area contributed by atoms with Crippen molar-refractivity contribution < 1.29 is 27.5 Å². The second kappa shape index (κ2) is 11.0. The van der Waals surface area contributed by atoms with E-state index in [-0.39, 0.29) is 18.1 Å². The maximum absolute atomic E-state index is 13.6. The summed E-state index contributed by atoms with van der Waals surface area (Å²) >= 11 is 6.33. The van der Waals surface area contributed by atoms with Gasteiger partial charge in [-0.15, -0.1) is 0 Å². The van der Waals surface area contributed by atoms with Gasteiger partial charge in [0.05, 0.1) is 11.9 Å². The normalized spacial score (nSPS) is 14.1. The summed E-state index contributed by atoms with van der Waals surface area (Å²) in [5.41, 5.74) is 0.363. The van der Waals surface area contributed by atoms with Gasteiger partial charge in [0, 0.05) is 23.2 Å². The van der Waals surface area contributed by atoms with Crippen molar-refractivity contribution in [3.05, 3.63) is 53.1 Å². The lowest BCUT2D eigenvalue weighted by atomic mass is 10.1. The van der Waals surface area contributed by atoms with Crippen LogP contribution >= 0.6 is 11.6 Å². The van der Waals surface area contributed by atoms with Crippen LogP contribution in [-0.4, -0.2) is 62.7 Å². The van der Waals surface area contributed by atoms with Crippen LogP contribution in [0.15, 0.2) is 42.5 Å². The topological polar surface area (TPSA) is 105 Å². The number of ether oxygens (including phenoxy) is 2. The maximum Gasteiger partial charge on any atom is 0.244 e. The fourth-order valence-electron chi connectivity index (χ4n) is 3.67. The molecule has 0 saturated carbocycles. The summed E-state index contributed by atoms with van der Waals surface area (Å²) in [6, 6.07) is 10.8. The van der Waals surface area contributed by atoms with Crippen molar-refractivity contribution in [2.75, 3.05) is 30.3 Å². The highest BCUT2D eigenvalue weighted by Gasteiger charge is 2.32. The number of carbonyl (C=O) groups excluding carboxylic acids is 2. The number of benzene rings is 2. The predicted octanol–water partition coefficient (Wildman–Crippen LogP) is 3.21. The predicted molar refractivity (Wildman–Crippen MR) is 139 cm³/mol. The number of nitrogens with zero attached hydrogens (tertiary/aromatic N) is 2. The van der Waals surface area contributed by atoms with E-state index in [0.717, 1.165) is 10.6 Å². The summed E-state index contributed by atoms with van der Waals surface area (Å²) in [5, 5.41) is 3.31. The molecule has 0 spiro atoms. The third-order valence-corrected chi connectivity index (χ3v) is 6.97. The minimum absolute atomic E-state index is 0.0238. The Balaban J connectivity index is 1.94. The molecule has 1 unspecified atom stereocenters. The van der Waals surface area contributed by atoms with Crippen molar-refractivity contribution >= 4 is 39.1 Å². The Bertz CT molecular complexity index is 1230. The monoisotopic (exact) mass is 537 g/mol. The van der Waals surface area contributed by atoms with E-state index in [0.29, 0.717) is 35.3 Å². The lowest BCUT2D eigenvalue weighted by Gasteiger charge is -2.33.